The van der Waals surface area contributed by atoms with Gasteiger partial charge in [-0.15, -0.1) is 11.3 Å². The van der Waals surface area contributed by atoms with Gasteiger partial charge >= 0.3 is 17.1 Å². The van der Waals surface area contributed by atoms with E-state index in [1.165, 1.54) is 6.20 Å². The second-order valence-corrected chi connectivity index (χ2v) is 7.40. The van der Waals surface area contributed by atoms with Crippen LogP contribution in [0.4, 0.5) is 5.69 Å². The minimum Gasteiger partial charge on any atom is -0.433 e. The van der Waals surface area contributed by atoms with Crippen LogP contribution in [0.2, 0.25) is 0 Å². The molecule has 0 spiro atoms. The second kappa shape index (κ2) is 7.05. The number of rotatable bonds is 4. The third-order valence-electron chi connectivity index (χ3n) is 4.47. The number of hydrogen-bond acceptors (Lipinski definition) is 7. The van der Waals surface area contributed by atoms with Gasteiger partial charge in [-0.1, -0.05) is 18.2 Å². The lowest BCUT2D eigenvalue weighted by Crippen LogP contribution is -2.19. The lowest BCUT2D eigenvalue weighted by molar-refractivity contribution is -0.387. The molecule has 3 heterocycles. The molecule has 30 heavy (non-hydrogen) atoms. The Morgan fingerprint density at radius 1 is 0.967 bits per heavy atom. The van der Waals surface area contributed by atoms with Gasteiger partial charge in [-0.05, 0) is 48.5 Å². The van der Waals surface area contributed by atoms with Gasteiger partial charge in [-0.2, -0.15) is 4.98 Å². The highest BCUT2D eigenvalue weighted by Gasteiger charge is 2.25. The van der Waals surface area contributed by atoms with Crippen molar-refractivity contribution in [1.29, 1.82) is 0 Å². The molecule has 146 valence electrons. The molecule has 5 rings (SSSR count). The van der Waals surface area contributed by atoms with Crippen LogP contribution in [0.1, 0.15) is 0 Å². The molecule has 0 aliphatic carbocycles. The maximum absolute atomic E-state index is 12.5. The Kier molecular flexibility index (Phi) is 4.22. The number of benzene rings is 2. The molecule has 0 radical (unpaired) electrons. The lowest BCUT2D eigenvalue weighted by atomic mass is 10.2. The summed E-state index contributed by atoms with van der Waals surface area (Å²) in [4.78, 5) is 32.0. The van der Waals surface area contributed by atoms with Crippen molar-refractivity contribution in [2.75, 3.05) is 0 Å². The Bertz CT molecular complexity index is 1440. The van der Waals surface area contributed by atoms with Crippen LogP contribution in [0.5, 0.6) is 11.6 Å². The van der Waals surface area contributed by atoms with E-state index in [-0.39, 0.29) is 11.5 Å². The first kappa shape index (κ1) is 18.0. The molecule has 0 atom stereocenters. The number of nitro groups is 1. The molecule has 0 saturated heterocycles. The molecule has 9 heteroatoms. The van der Waals surface area contributed by atoms with Crippen molar-refractivity contribution in [3.63, 3.8) is 0 Å². The van der Waals surface area contributed by atoms with Crippen molar-refractivity contribution in [3.05, 3.63) is 93.4 Å². The Hall–Kier alpha value is -4.11. The number of nitrogens with zero attached hydrogens (tertiary/aromatic N) is 4. The fraction of sp³-hybridized carbons (Fsp3) is 0. The summed E-state index contributed by atoms with van der Waals surface area (Å²) in [6.45, 7) is 0. The molecule has 5 aromatic rings. The standard InChI is InChI=1S/C21H12N4O4S/c26-21-18(25(27)28)19(23-17-7-3-4-12-24(17)21)29-14-10-8-13(9-11-14)20-22-15-5-1-2-6-16(15)30-20/h1-12H. The lowest BCUT2D eigenvalue weighted by Gasteiger charge is -2.07. The van der Waals surface area contributed by atoms with Crippen LogP contribution >= 0.6 is 11.3 Å². The molecule has 0 N–H and O–H groups in total. The average Bonchev–Trinajstić information content (AvgIpc) is 3.18. The number of ether oxygens (including phenoxy) is 1. The highest BCUT2D eigenvalue weighted by Crippen LogP contribution is 2.32. The highest BCUT2D eigenvalue weighted by molar-refractivity contribution is 7.21. The molecule has 3 aromatic heterocycles. The molecule has 0 aliphatic rings. The van der Waals surface area contributed by atoms with Crippen LogP contribution in [0, 0.1) is 10.1 Å². The normalized spacial score (nSPS) is 11.1. The van der Waals surface area contributed by atoms with Crippen molar-refractivity contribution in [3.8, 4) is 22.2 Å². The summed E-state index contributed by atoms with van der Waals surface area (Å²) in [6, 6.07) is 19.7. The first-order valence-corrected chi connectivity index (χ1v) is 9.71. The van der Waals surface area contributed by atoms with Crippen molar-refractivity contribution in [2.45, 2.75) is 0 Å². The largest absolute Gasteiger partial charge is 0.433 e. The van der Waals surface area contributed by atoms with E-state index in [4.69, 9.17) is 4.74 Å². The van der Waals surface area contributed by atoms with E-state index in [1.54, 1.807) is 41.7 Å². The number of pyridine rings is 1. The zero-order valence-corrected chi connectivity index (χ0v) is 16.1. The van der Waals surface area contributed by atoms with Crippen LogP contribution in [-0.4, -0.2) is 19.3 Å². The summed E-state index contributed by atoms with van der Waals surface area (Å²) in [5, 5.41) is 12.3. The van der Waals surface area contributed by atoms with Gasteiger partial charge in [-0.25, -0.2) is 4.98 Å². The fourth-order valence-electron chi connectivity index (χ4n) is 3.06. The summed E-state index contributed by atoms with van der Waals surface area (Å²) in [5.74, 6) is -0.0147. The van der Waals surface area contributed by atoms with Crippen LogP contribution < -0.4 is 10.3 Å². The Labute approximate surface area is 172 Å². The zero-order valence-electron chi connectivity index (χ0n) is 15.3. The summed E-state index contributed by atoms with van der Waals surface area (Å²) in [7, 11) is 0. The van der Waals surface area contributed by atoms with Gasteiger partial charge in [0.1, 0.15) is 16.4 Å². The molecule has 2 aromatic carbocycles. The van der Waals surface area contributed by atoms with Crippen LogP contribution in [-0.2, 0) is 0 Å². The monoisotopic (exact) mass is 416 g/mol. The Morgan fingerprint density at radius 2 is 1.73 bits per heavy atom. The van der Waals surface area contributed by atoms with Crippen molar-refractivity contribution >= 4 is 32.9 Å². The first-order chi connectivity index (χ1) is 14.6. The van der Waals surface area contributed by atoms with Gasteiger partial charge < -0.3 is 4.74 Å². The summed E-state index contributed by atoms with van der Waals surface area (Å²) in [5.41, 5.74) is 0.564. The first-order valence-electron chi connectivity index (χ1n) is 8.90. The van der Waals surface area contributed by atoms with Crippen LogP contribution in [0.15, 0.2) is 77.7 Å². The smallest absolute Gasteiger partial charge is 0.396 e. The molecular weight excluding hydrogens is 404 g/mol. The van der Waals surface area contributed by atoms with E-state index >= 15 is 0 Å². The zero-order chi connectivity index (χ0) is 20.7. The quantitative estimate of drug-likeness (QED) is 0.312. The van der Waals surface area contributed by atoms with E-state index < -0.39 is 16.2 Å². The van der Waals surface area contributed by atoms with Crippen molar-refractivity contribution < 1.29 is 9.66 Å². The molecule has 0 aliphatic heterocycles. The van der Waals surface area contributed by atoms with Crippen molar-refractivity contribution in [1.82, 2.24) is 14.4 Å². The number of aromatic nitrogens is 3. The third kappa shape index (κ3) is 3.07. The Balaban J connectivity index is 1.51. The number of fused-ring (bicyclic) bond motifs is 2. The number of thiazole rings is 1. The minimum absolute atomic E-state index is 0.259. The SMILES string of the molecule is O=c1c([N+](=O)[O-])c(Oc2ccc(-c3nc4ccccc4s3)cc2)nc2ccccn12. The van der Waals surface area contributed by atoms with E-state index in [0.29, 0.717) is 5.75 Å². The van der Waals surface area contributed by atoms with Gasteiger partial charge in [-0.3, -0.25) is 19.3 Å². The maximum Gasteiger partial charge on any atom is 0.396 e. The molecule has 0 bridgehead atoms. The third-order valence-corrected chi connectivity index (χ3v) is 5.56. The second-order valence-electron chi connectivity index (χ2n) is 6.37. The summed E-state index contributed by atoms with van der Waals surface area (Å²) < 4.78 is 7.83. The predicted molar refractivity (Wildman–Crippen MR) is 113 cm³/mol. The fourth-order valence-corrected chi connectivity index (χ4v) is 4.03. The topological polar surface area (TPSA) is 99.6 Å². The average molecular weight is 416 g/mol. The molecule has 8 nitrogen and oxygen atoms in total. The van der Waals surface area contributed by atoms with E-state index in [9.17, 15) is 14.9 Å². The highest BCUT2D eigenvalue weighted by atomic mass is 32.1. The minimum atomic E-state index is -0.799. The molecule has 0 saturated carbocycles. The van der Waals surface area contributed by atoms with E-state index in [1.807, 2.05) is 36.4 Å². The molecular formula is C21H12N4O4S. The number of para-hydroxylation sites is 1. The van der Waals surface area contributed by atoms with E-state index in [2.05, 4.69) is 9.97 Å². The van der Waals surface area contributed by atoms with Crippen molar-refractivity contribution in [2.24, 2.45) is 0 Å². The molecule has 0 fully saturated rings. The van der Waals surface area contributed by atoms with Gasteiger partial charge in [0.2, 0.25) is 0 Å². The van der Waals surface area contributed by atoms with Gasteiger partial charge in [0.15, 0.2) is 0 Å². The Morgan fingerprint density at radius 3 is 2.50 bits per heavy atom. The van der Waals surface area contributed by atoms with Crippen LogP contribution in [0.3, 0.4) is 0 Å². The molecule has 0 amide bonds. The predicted octanol–water partition coefficient (Wildman–Crippen LogP) is 4.67. The van der Waals surface area contributed by atoms with Crippen LogP contribution in [0.25, 0.3) is 26.4 Å². The maximum atomic E-state index is 12.5. The van der Waals surface area contributed by atoms with Gasteiger partial charge in [0, 0.05) is 11.8 Å². The van der Waals surface area contributed by atoms with Gasteiger partial charge in [0.25, 0.3) is 0 Å². The van der Waals surface area contributed by atoms with Gasteiger partial charge in [0.05, 0.1) is 15.1 Å². The summed E-state index contributed by atoms with van der Waals surface area (Å²) >= 11 is 1.57. The number of hydrogen-bond donors (Lipinski definition) is 0. The van der Waals surface area contributed by atoms with E-state index in [0.717, 1.165) is 25.2 Å². The summed E-state index contributed by atoms with van der Waals surface area (Å²) in [6.07, 6.45) is 1.42. The molecule has 0 unspecified atom stereocenters.